The molecule has 1 amide bonds. The molecule has 2 aromatic heterocycles. The molecule has 0 aliphatic heterocycles. The first-order valence-corrected chi connectivity index (χ1v) is 6.05. The molecule has 0 saturated carbocycles. The van der Waals surface area contributed by atoms with Crippen LogP contribution < -0.4 is 5.32 Å². The van der Waals surface area contributed by atoms with Crippen molar-refractivity contribution in [3.05, 3.63) is 28.5 Å². The van der Waals surface area contributed by atoms with Gasteiger partial charge in [-0.3, -0.25) is 9.20 Å². The summed E-state index contributed by atoms with van der Waals surface area (Å²) < 4.78 is 1.85. The molecule has 6 heteroatoms. The van der Waals surface area contributed by atoms with Gasteiger partial charge in [-0.25, -0.2) is 4.98 Å². The van der Waals surface area contributed by atoms with Gasteiger partial charge in [-0.1, -0.05) is 11.6 Å². The van der Waals surface area contributed by atoms with Crippen molar-refractivity contribution < 1.29 is 4.79 Å². The summed E-state index contributed by atoms with van der Waals surface area (Å²) >= 11 is 7.46. The second-order valence-corrected chi connectivity index (χ2v) is 4.30. The number of likely N-dealkylation sites (N-methyl/N-ethyl adjacent to an activating group) is 1. The number of nitrogens with zero attached hydrogens (tertiary/aromatic N) is 2. The molecule has 0 aliphatic carbocycles. The van der Waals surface area contributed by atoms with Gasteiger partial charge in [-0.15, -0.1) is 11.3 Å². The molecule has 0 radical (unpaired) electrons. The standard InChI is InChI=1S/C10H10ClN3OS/c1-2-12-8(15)4-3-7-9(11)13-10-14(7)5-6-16-10/h3-6H,2H2,1H3,(H,12,15)/b4-3-. The number of hydrogen-bond donors (Lipinski definition) is 1. The van der Waals surface area contributed by atoms with E-state index in [1.807, 2.05) is 22.9 Å². The highest BCUT2D eigenvalue weighted by Gasteiger charge is 2.08. The number of rotatable bonds is 3. The van der Waals surface area contributed by atoms with Gasteiger partial charge in [-0.2, -0.15) is 0 Å². The molecule has 0 unspecified atom stereocenters. The molecule has 16 heavy (non-hydrogen) atoms. The molecular formula is C10H10ClN3OS. The molecule has 0 bridgehead atoms. The van der Waals surface area contributed by atoms with Crippen LogP contribution in [0.5, 0.6) is 0 Å². The summed E-state index contributed by atoms with van der Waals surface area (Å²) in [4.78, 5) is 16.2. The molecular weight excluding hydrogens is 246 g/mol. The lowest BCUT2D eigenvalue weighted by Gasteiger charge is -1.94. The van der Waals surface area contributed by atoms with Gasteiger partial charge in [0, 0.05) is 24.2 Å². The minimum absolute atomic E-state index is 0.135. The normalized spacial score (nSPS) is 11.4. The summed E-state index contributed by atoms with van der Waals surface area (Å²) in [5.41, 5.74) is 0.726. The average Bonchev–Trinajstić information content (AvgIpc) is 2.76. The van der Waals surface area contributed by atoms with Crippen LogP contribution in [0.4, 0.5) is 0 Å². The minimum Gasteiger partial charge on any atom is -0.353 e. The van der Waals surface area contributed by atoms with Crippen molar-refractivity contribution in [3.63, 3.8) is 0 Å². The number of imidazole rings is 1. The maximum atomic E-state index is 11.3. The predicted octanol–water partition coefficient (Wildman–Crippen LogP) is 2.20. The second kappa shape index (κ2) is 4.67. The van der Waals surface area contributed by atoms with E-state index >= 15 is 0 Å². The van der Waals surface area contributed by atoms with Crippen molar-refractivity contribution >= 4 is 39.9 Å². The molecule has 2 rings (SSSR count). The largest absolute Gasteiger partial charge is 0.353 e. The summed E-state index contributed by atoms with van der Waals surface area (Å²) in [5, 5.41) is 5.00. The van der Waals surface area contributed by atoms with Crippen LogP contribution in [-0.2, 0) is 4.79 Å². The molecule has 0 fully saturated rings. The first-order chi connectivity index (χ1) is 7.72. The van der Waals surface area contributed by atoms with Gasteiger partial charge < -0.3 is 5.32 Å². The Kier molecular flexibility index (Phi) is 3.26. The fourth-order valence-electron chi connectivity index (χ4n) is 1.31. The number of amides is 1. The maximum Gasteiger partial charge on any atom is 0.244 e. The third-order valence-electron chi connectivity index (χ3n) is 2.00. The van der Waals surface area contributed by atoms with Gasteiger partial charge in [0.15, 0.2) is 10.1 Å². The Labute approximate surface area is 102 Å². The summed E-state index contributed by atoms with van der Waals surface area (Å²) in [6.45, 7) is 2.48. The third-order valence-corrected chi connectivity index (χ3v) is 3.03. The maximum absolute atomic E-state index is 11.3. The van der Waals surface area contributed by atoms with Crippen LogP contribution in [0.3, 0.4) is 0 Å². The molecule has 0 aromatic carbocycles. The molecule has 0 spiro atoms. The van der Waals surface area contributed by atoms with E-state index in [1.165, 1.54) is 17.4 Å². The zero-order valence-corrected chi connectivity index (χ0v) is 10.2. The van der Waals surface area contributed by atoms with Crippen LogP contribution in [0.2, 0.25) is 5.15 Å². The van der Waals surface area contributed by atoms with E-state index in [2.05, 4.69) is 10.3 Å². The van der Waals surface area contributed by atoms with Crippen molar-refractivity contribution in [2.75, 3.05) is 6.54 Å². The number of halogens is 1. The highest BCUT2D eigenvalue weighted by atomic mass is 35.5. The van der Waals surface area contributed by atoms with E-state index in [-0.39, 0.29) is 5.91 Å². The fourth-order valence-corrected chi connectivity index (χ4v) is 2.32. The molecule has 0 aliphatic rings. The lowest BCUT2D eigenvalue weighted by atomic mass is 10.4. The van der Waals surface area contributed by atoms with Crippen molar-refractivity contribution in [2.24, 2.45) is 0 Å². The fraction of sp³-hybridized carbons (Fsp3) is 0.200. The van der Waals surface area contributed by atoms with Crippen molar-refractivity contribution in [1.82, 2.24) is 14.7 Å². The SMILES string of the molecule is CCNC(=O)/C=C\c1c(Cl)nc2sccn12. The van der Waals surface area contributed by atoms with Crippen molar-refractivity contribution in [1.29, 1.82) is 0 Å². The Morgan fingerprint density at radius 2 is 2.56 bits per heavy atom. The number of thiazole rings is 1. The van der Waals surface area contributed by atoms with Gasteiger partial charge in [0.05, 0.1) is 5.69 Å². The number of carbonyl (C=O) groups excluding carboxylic acids is 1. The summed E-state index contributed by atoms with van der Waals surface area (Å²) in [6.07, 6.45) is 4.99. The quantitative estimate of drug-likeness (QED) is 0.855. The van der Waals surface area contributed by atoms with Crippen LogP contribution >= 0.6 is 22.9 Å². The van der Waals surface area contributed by atoms with Gasteiger partial charge in [0.2, 0.25) is 5.91 Å². The first-order valence-electron chi connectivity index (χ1n) is 4.79. The lowest BCUT2D eigenvalue weighted by Crippen LogP contribution is -2.19. The first kappa shape index (κ1) is 11.2. The molecule has 4 nitrogen and oxygen atoms in total. The molecule has 0 saturated heterocycles. The van der Waals surface area contributed by atoms with E-state index in [9.17, 15) is 4.79 Å². The molecule has 2 heterocycles. The minimum atomic E-state index is -0.135. The van der Waals surface area contributed by atoms with Crippen molar-refractivity contribution in [3.8, 4) is 0 Å². The smallest absolute Gasteiger partial charge is 0.244 e. The Bertz CT molecular complexity index is 543. The highest BCUT2D eigenvalue weighted by molar-refractivity contribution is 7.15. The number of carbonyl (C=O) groups is 1. The van der Waals surface area contributed by atoms with E-state index < -0.39 is 0 Å². The lowest BCUT2D eigenvalue weighted by molar-refractivity contribution is -0.116. The monoisotopic (exact) mass is 255 g/mol. The predicted molar refractivity (Wildman–Crippen MR) is 65.8 cm³/mol. The number of nitrogens with one attached hydrogen (secondary N) is 1. The van der Waals surface area contributed by atoms with Crippen LogP contribution in [0.1, 0.15) is 12.6 Å². The van der Waals surface area contributed by atoms with Gasteiger partial charge in [0.1, 0.15) is 0 Å². The third kappa shape index (κ3) is 2.10. The van der Waals surface area contributed by atoms with E-state index in [0.29, 0.717) is 11.7 Å². The Balaban J connectivity index is 2.29. The van der Waals surface area contributed by atoms with Gasteiger partial charge >= 0.3 is 0 Å². The van der Waals surface area contributed by atoms with Crippen LogP contribution in [-0.4, -0.2) is 21.8 Å². The Morgan fingerprint density at radius 1 is 1.75 bits per heavy atom. The summed E-state index contributed by atoms with van der Waals surface area (Å²) in [6, 6.07) is 0. The summed E-state index contributed by atoms with van der Waals surface area (Å²) in [5.74, 6) is -0.135. The average molecular weight is 256 g/mol. The van der Waals surface area contributed by atoms with Crippen LogP contribution in [0.15, 0.2) is 17.7 Å². The molecule has 84 valence electrons. The number of hydrogen-bond acceptors (Lipinski definition) is 3. The molecule has 0 atom stereocenters. The Hall–Kier alpha value is -1.33. The topological polar surface area (TPSA) is 46.4 Å². The van der Waals surface area contributed by atoms with Crippen LogP contribution in [0.25, 0.3) is 11.0 Å². The molecule has 1 N–H and O–H groups in total. The number of fused-ring (bicyclic) bond motifs is 1. The summed E-state index contributed by atoms with van der Waals surface area (Å²) in [7, 11) is 0. The zero-order valence-electron chi connectivity index (χ0n) is 8.61. The highest BCUT2D eigenvalue weighted by Crippen LogP contribution is 2.22. The second-order valence-electron chi connectivity index (χ2n) is 3.07. The van der Waals surface area contributed by atoms with Crippen molar-refractivity contribution in [2.45, 2.75) is 6.92 Å². The van der Waals surface area contributed by atoms with E-state index in [0.717, 1.165) is 10.7 Å². The molecule has 2 aromatic rings. The number of aromatic nitrogens is 2. The van der Waals surface area contributed by atoms with Gasteiger partial charge in [0.25, 0.3) is 0 Å². The van der Waals surface area contributed by atoms with E-state index in [4.69, 9.17) is 11.6 Å². The van der Waals surface area contributed by atoms with E-state index in [1.54, 1.807) is 6.08 Å². The Morgan fingerprint density at radius 3 is 3.31 bits per heavy atom. The zero-order chi connectivity index (χ0) is 11.5. The van der Waals surface area contributed by atoms with Gasteiger partial charge in [-0.05, 0) is 13.0 Å². The van der Waals surface area contributed by atoms with Crippen LogP contribution in [0, 0.1) is 0 Å².